The van der Waals surface area contributed by atoms with E-state index in [0.29, 0.717) is 22.6 Å². The second-order valence-electron chi connectivity index (χ2n) is 19.9. The molecule has 4 nitrogen and oxygen atoms in total. The molecule has 0 unspecified atom stereocenters. The Morgan fingerprint density at radius 1 is 0.343 bits per heavy atom. The lowest BCUT2D eigenvalue weighted by atomic mass is 9.86. The summed E-state index contributed by atoms with van der Waals surface area (Å²) in [5.41, 5.74) is 5.05. The maximum Gasteiger partial charge on any atom is 0.181 e. The van der Waals surface area contributed by atoms with Gasteiger partial charge in [-0.15, -0.1) is 56.7 Å². The summed E-state index contributed by atoms with van der Waals surface area (Å²) in [6, 6.07) is 34.3. The van der Waals surface area contributed by atoms with Gasteiger partial charge in [0, 0.05) is 39.0 Å². The molecule has 0 N–H and O–H groups in total. The van der Waals surface area contributed by atoms with Gasteiger partial charge >= 0.3 is 0 Å². The standard InChI is InChI=1S/C56H68O4S7/c1-9-11-13-15-17-19-37-66(57,58)53-51(49-35-33-47(63-49)45-31-29-43(61-45)39-21-25-41(26-22-39)55(3,4)5)65-52(54(53)67(59,60)38-20-18-16-14-12-10-2)50-36-34-48(64-50)46-32-30-44(62-46)40-23-27-42(28-24-40)56(6,7)8/h21-36H,9-20,37-38H2,1-8H3. The zero-order chi connectivity index (χ0) is 48.0. The molecule has 0 radical (unpaired) electrons. The molecular formula is C56H68O4S7. The summed E-state index contributed by atoms with van der Waals surface area (Å²) in [6.45, 7) is 17.7. The maximum atomic E-state index is 15.0. The fourth-order valence-electron chi connectivity index (χ4n) is 8.34. The quantitative estimate of drug-likeness (QED) is 0.0635. The highest BCUT2D eigenvalue weighted by atomic mass is 32.2. The molecule has 7 aromatic rings. The molecule has 5 aromatic heterocycles. The van der Waals surface area contributed by atoms with Gasteiger partial charge in [-0.05, 0) is 94.5 Å². The van der Waals surface area contributed by atoms with Crippen molar-refractivity contribution in [2.45, 2.75) is 153 Å². The highest BCUT2D eigenvalue weighted by Gasteiger charge is 2.37. The average Bonchev–Trinajstić information content (AvgIpc) is 4.14. The van der Waals surface area contributed by atoms with Crippen LogP contribution in [0.2, 0.25) is 0 Å². The summed E-state index contributed by atoms with van der Waals surface area (Å²) in [4.78, 5) is 9.26. The molecule has 0 bridgehead atoms. The van der Waals surface area contributed by atoms with Gasteiger partial charge in [-0.3, -0.25) is 0 Å². The van der Waals surface area contributed by atoms with E-state index in [1.165, 1.54) is 32.2 Å². The van der Waals surface area contributed by atoms with Crippen molar-refractivity contribution in [1.29, 1.82) is 0 Å². The van der Waals surface area contributed by atoms with Crippen molar-refractivity contribution in [3.8, 4) is 59.9 Å². The molecule has 0 aliphatic heterocycles. The van der Waals surface area contributed by atoms with Gasteiger partial charge in [0.15, 0.2) is 19.7 Å². The second-order valence-corrected chi connectivity index (χ2v) is 29.3. The van der Waals surface area contributed by atoms with Crippen LogP contribution in [0.5, 0.6) is 0 Å². The summed E-state index contributed by atoms with van der Waals surface area (Å²) in [6.07, 6.45) is 11.2. The van der Waals surface area contributed by atoms with Crippen LogP contribution in [0.1, 0.15) is 144 Å². The Balaban J connectivity index is 1.30. The third kappa shape index (κ3) is 12.8. The van der Waals surface area contributed by atoms with E-state index in [-0.39, 0.29) is 32.1 Å². The predicted molar refractivity (Wildman–Crippen MR) is 297 cm³/mol. The highest BCUT2D eigenvalue weighted by molar-refractivity contribution is 7.95. The van der Waals surface area contributed by atoms with Crippen LogP contribution in [0.3, 0.4) is 0 Å². The van der Waals surface area contributed by atoms with Crippen molar-refractivity contribution < 1.29 is 16.8 Å². The lowest BCUT2D eigenvalue weighted by Crippen LogP contribution is -2.15. The Morgan fingerprint density at radius 3 is 0.955 bits per heavy atom. The van der Waals surface area contributed by atoms with Crippen LogP contribution in [0, 0.1) is 0 Å². The van der Waals surface area contributed by atoms with Crippen LogP contribution in [-0.4, -0.2) is 28.3 Å². The number of thiophene rings is 5. The molecule has 0 saturated carbocycles. The Morgan fingerprint density at radius 2 is 0.627 bits per heavy atom. The van der Waals surface area contributed by atoms with Gasteiger partial charge in [-0.2, -0.15) is 0 Å². The average molecular weight is 1030 g/mol. The lowest BCUT2D eigenvalue weighted by molar-refractivity contribution is 0.573. The fraction of sp³-hybridized carbons (Fsp3) is 0.429. The van der Waals surface area contributed by atoms with Crippen molar-refractivity contribution in [2.75, 3.05) is 11.5 Å². The molecule has 358 valence electrons. The fourth-order valence-corrected chi connectivity index (χ4v) is 19.0. The molecule has 0 atom stereocenters. The van der Waals surface area contributed by atoms with Crippen LogP contribution in [0.15, 0.2) is 107 Å². The summed E-state index contributed by atoms with van der Waals surface area (Å²) in [5, 5.41) is 0. The molecule has 0 aliphatic rings. The first-order valence-electron chi connectivity index (χ1n) is 24.1. The smallest absolute Gasteiger partial charge is 0.181 e. The van der Waals surface area contributed by atoms with Crippen LogP contribution >= 0.6 is 56.7 Å². The van der Waals surface area contributed by atoms with E-state index in [9.17, 15) is 16.8 Å². The molecule has 0 amide bonds. The SMILES string of the molecule is CCCCCCCCS(=O)(=O)c1c(-c2ccc(-c3ccc(-c4ccc(C(C)(C)C)cc4)s3)s2)sc(-c2ccc(-c3ccc(-c4ccc(C(C)(C)C)cc4)s3)s2)c1S(=O)(=O)CCCCCCCC. The predicted octanol–water partition coefficient (Wildman–Crippen LogP) is 18.9. The van der Waals surface area contributed by atoms with Gasteiger partial charge in [0.2, 0.25) is 0 Å². The number of unbranched alkanes of at least 4 members (excludes halogenated alkanes) is 10. The van der Waals surface area contributed by atoms with Crippen LogP contribution in [0.4, 0.5) is 0 Å². The zero-order valence-electron chi connectivity index (χ0n) is 40.6. The van der Waals surface area contributed by atoms with Gasteiger partial charge in [0.25, 0.3) is 0 Å². The first-order chi connectivity index (χ1) is 31.9. The summed E-state index contributed by atoms with van der Waals surface area (Å²) in [7, 11) is -8.03. The number of hydrogen-bond donors (Lipinski definition) is 0. The highest BCUT2D eigenvalue weighted by Crippen LogP contribution is 2.53. The van der Waals surface area contributed by atoms with Gasteiger partial charge in [-0.1, -0.05) is 168 Å². The molecule has 5 heterocycles. The minimum absolute atomic E-state index is 0.0123. The largest absolute Gasteiger partial charge is 0.224 e. The van der Waals surface area contributed by atoms with Crippen molar-refractivity contribution in [3.05, 3.63) is 108 Å². The Kier molecular flexibility index (Phi) is 17.2. The van der Waals surface area contributed by atoms with Gasteiger partial charge < -0.3 is 0 Å². The summed E-state index contributed by atoms with van der Waals surface area (Å²) >= 11 is 7.88. The molecule has 0 spiro atoms. The minimum atomic E-state index is -4.01. The summed E-state index contributed by atoms with van der Waals surface area (Å²) in [5.74, 6) is -0.153. The molecule has 67 heavy (non-hydrogen) atoms. The van der Waals surface area contributed by atoms with Crippen molar-refractivity contribution >= 4 is 76.4 Å². The van der Waals surface area contributed by atoms with E-state index in [1.807, 2.05) is 12.1 Å². The third-order valence-corrected chi connectivity index (χ3v) is 22.9. The van der Waals surface area contributed by atoms with E-state index >= 15 is 0 Å². The number of hydrogen-bond acceptors (Lipinski definition) is 9. The molecule has 11 heteroatoms. The minimum Gasteiger partial charge on any atom is -0.224 e. The summed E-state index contributed by atoms with van der Waals surface area (Å²) < 4.78 is 60.0. The van der Waals surface area contributed by atoms with Gasteiger partial charge in [-0.25, -0.2) is 16.8 Å². The van der Waals surface area contributed by atoms with E-state index in [4.69, 9.17) is 0 Å². The van der Waals surface area contributed by atoms with Crippen LogP contribution in [0.25, 0.3) is 59.9 Å². The molecule has 0 saturated heterocycles. The van der Waals surface area contributed by atoms with Gasteiger partial charge in [0.1, 0.15) is 9.79 Å². The van der Waals surface area contributed by atoms with Crippen LogP contribution in [-0.2, 0) is 30.5 Å². The molecule has 7 rings (SSSR count). The monoisotopic (exact) mass is 1030 g/mol. The van der Waals surface area contributed by atoms with E-state index < -0.39 is 19.7 Å². The molecule has 0 aliphatic carbocycles. The maximum absolute atomic E-state index is 15.0. The Labute approximate surface area is 422 Å². The van der Waals surface area contributed by atoms with Crippen molar-refractivity contribution in [3.63, 3.8) is 0 Å². The second kappa shape index (κ2) is 22.3. The Bertz CT molecular complexity index is 2720. The van der Waals surface area contributed by atoms with Gasteiger partial charge in [0.05, 0.1) is 21.3 Å². The van der Waals surface area contributed by atoms with Crippen molar-refractivity contribution in [2.24, 2.45) is 0 Å². The van der Waals surface area contributed by atoms with E-state index in [1.54, 1.807) is 45.3 Å². The molecule has 0 fully saturated rings. The first-order valence-corrected chi connectivity index (χ1v) is 31.5. The lowest BCUT2D eigenvalue weighted by Gasteiger charge is -2.19. The third-order valence-electron chi connectivity index (χ3n) is 12.4. The number of benzene rings is 2. The van der Waals surface area contributed by atoms with Crippen molar-refractivity contribution in [1.82, 2.24) is 0 Å². The first kappa shape index (κ1) is 51.7. The number of sulfone groups is 2. The normalized spacial score (nSPS) is 12.7. The molecular weight excluding hydrogens is 961 g/mol. The van der Waals surface area contributed by atoms with Crippen LogP contribution < -0.4 is 0 Å². The Hall–Kier alpha value is -3.16. The zero-order valence-corrected chi connectivity index (χ0v) is 46.3. The van der Waals surface area contributed by atoms with E-state index in [2.05, 4.69) is 140 Å². The molecule has 2 aromatic carbocycles. The number of rotatable bonds is 22. The van der Waals surface area contributed by atoms with E-state index in [0.717, 1.165) is 105 Å². The topological polar surface area (TPSA) is 68.3 Å².